The molecule has 6 heteroatoms. The zero-order valence-electron chi connectivity index (χ0n) is 18.0. The van der Waals surface area contributed by atoms with Crippen LogP contribution in [-0.4, -0.2) is 25.8 Å². The molecule has 0 bridgehead atoms. The third-order valence-corrected chi connectivity index (χ3v) is 6.06. The first-order chi connectivity index (χ1) is 15.9. The molecule has 4 nitrogen and oxygen atoms in total. The third kappa shape index (κ3) is 4.80. The molecule has 0 unspecified atom stereocenters. The number of nitrogens with zero attached hydrogens (tertiary/aromatic N) is 1. The number of anilines is 1. The maximum absolute atomic E-state index is 13.2. The van der Waals surface area contributed by atoms with Gasteiger partial charge in [-0.3, -0.25) is 9.59 Å². The molecular weight excluding hydrogens is 457 g/mol. The molecule has 164 valence electrons. The zero-order chi connectivity index (χ0) is 23.5. The minimum atomic E-state index is -0.378. The summed E-state index contributed by atoms with van der Waals surface area (Å²) in [6, 6.07) is 17.9. The highest BCUT2D eigenvalue weighted by Gasteiger charge is 2.32. The van der Waals surface area contributed by atoms with Gasteiger partial charge in [-0.15, -0.1) is 0 Å². The number of Topliss-reactive ketones (excluding diaryl/α,β-unsaturated/α-hetero) is 1. The number of hydrogen-bond donors (Lipinski definition) is 0. The Morgan fingerprint density at radius 1 is 0.970 bits per heavy atom. The molecule has 4 rings (SSSR count). The fourth-order valence-corrected chi connectivity index (χ4v) is 3.81. The Balaban J connectivity index is 1.62. The second kappa shape index (κ2) is 9.54. The lowest BCUT2D eigenvalue weighted by molar-refractivity contribution is -0.114. The zero-order valence-corrected chi connectivity index (χ0v) is 19.5. The lowest BCUT2D eigenvalue weighted by Crippen LogP contribution is -2.36. The summed E-state index contributed by atoms with van der Waals surface area (Å²) in [6.45, 7) is 0. The van der Waals surface area contributed by atoms with E-state index in [1.54, 1.807) is 44.5 Å². The van der Waals surface area contributed by atoms with Crippen LogP contribution >= 0.6 is 23.2 Å². The van der Waals surface area contributed by atoms with Gasteiger partial charge >= 0.3 is 0 Å². The van der Waals surface area contributed by atoms with Crippen molar-refractivity contribution >= 4 is 46.7 Å². The summed E-state index contributed by atoms with van der Waals surface area (Å²) in [5, 5.41) is 0.755. The van der Waals surface area contributed by atoms with Gasteiger partial charge in [0.15, 0.2) is 0 Å². The molecule has 0 aliphatic carbocycles. The van der Waals surface area contributed by atoms with Gasteiger partial charge in [0.2, 0.25) is 5.78 Å². The standard InChI is InChI=1S/C27H19Cl2NO3/c1-30-25-13-9-18(5-3-4-17-6-10-20(33-2)11-7-17)14-21(25)26(31)22(27(30)32)15-19-8-12-23(28)24(29)16-19/h6-16H,4H2,1-2H3/b22-15+. The molecule has 1 amide bonds. The first-order valence-corrected chi connectivity index (χ1v) is 10.9. The van der Waals surface area contributed by atoms with E-state index in [1.807, 2.05) is 30.3 Å². The average Bonchev–Trinajstić information content (AvgIpc) is 2.83. The molecule has 0 aromatic heterocycles. The first-order valence-electron chi connectivity index (χ1n) is 10.1. The minimum Gasteiger partial charge on any atom is -0.497 e. The fraction of sp³-hybridized carbons (Fsp3) is 0.111. The number of carbonyl (C=O) groups is 2. The topological polar surface area (TPSA) is 46.6 Å². The van der Waals surface area contributed by atoms with Crippen molar-refractivity contribution < 1.29 is 14.3 Å². The van der Waals surface area contributed by atoms with Gasteiger partial charge in [-0.25, -0.2) is 0 Å². The number of amides is 1. The predicted molar refractivity (Wildman–Crippen MR) is 132 cm³/mol. The van der Waals surface area contributed by atoms with Gasteiger partial charge in [-0.2, -0.15) is 0 Å². The molecule has 0 spiro atoms. The highest BCUT2D eigenvalue weighted by atomic mass is 35.5. The fourth-order valence-electron chi connectivity index (χ4n) is 3.51. The van der Waals surface area contributed by atoms with E-state index in [0.29, 0.717) is 38.8 Å². The monoisotopic (exact) mass is 475 g/mol. The Kier molecular flexibility index (Phi) is 6.55. The quantitative estimate of drug-likeness (QED) is 0.271. The van der Waals surface area contributed by atoms with E-state index in [-0.39, 0.29) is 17.3 Å². The van der Waals surface area contributed by atoms with Crippen LogP contribution in [0.25, 0.3) is 6.08 Å². The number of halogens is 2. The SMILES string of the molecule is COc1ccc(CC#Cc2ccc3c(c2)C(=O)/C(=C\c2ccc(Cl)c(Cl)c2)C(=O)N3C)cc1. The van der Waals surface area contributed by atoms with Crippen molar-refractivity contribution in [2.45, 2.75) is 6.42 Å². The molecule has 0 saturated carbocycles. The maximum atomic E-state index is 13.2. The molecule has 3 aromatic carbocycles. The summed E-state index contributed by atoms with van der Waals surface area (Å²) in [4.78, 5) is 27.5. The first kappa shape index (κ1) is 22.7. The van der Waals surface area contributed by atoms with Crippen LogP contribution in [0.2, 0.25) is 10.0 Å². The van der Waals surface area contributed by atoms with Crippen molar-refractivity contribution in [2.24, 2.45) is 0 Å². The second-order valence-corrected chi connectivity index (χ2v) is 8.30. The average molecular weight is 476 g/mol. The van der Waals surface area contributed by atoms with Gasteiger partial charge < -0.3 is 9.64 Å². The summed E-state index contributed by atoms with van der Waals surface area (Å²) >= 11 is 12.0. The maximum Gasteiger partial charge on any atom is 0.262 e. The Labute approximate surface area is 202 Å². The molecule has 0 saturated heterocycles. The lowest BCUT2D eigenvalue weighted by Gasteiger charge is -2.26. The number of methoxy groups -OCH3 is 1. The van der Waals surface area contributed by atoms with Crippen LogP contribution in [0.4, 0.5) is 5.69 Å². The molecule has 1 heterocycles. The molecule has 0 atom stereocenters. The third-order valence-electron chi connectivity index (χ3n) is 5.32. The van der Waals surface area contributed by atoms with Gasteiger partial charge in [-0.1, -0.05) is 53.2 Å². The van der Waals surface area contributed by atoms with E-state index in [9.17, 15) is 9.59 Å². The van der Waals surface area contributed by atoms with Crippen molar-refractivity contribution in [3.05, 3.63) is 98.5 Å². The number of benzene rings is 3. The van der Waals surface area contributed by atoms with Gasteiger partial charge in [0.05, 0.1) is 28.4 Å². The number of hydrogen-bond acceptors (Lipinski definition) is 3. The molecule has 1 aliphatic rings. The Bertz CT molecular complexity index is 1350. The largest absolute Gasteiger partial charge is 0.497 e. The predicted octanol–water partition coefficient (Wildman–Crippen LogP) is 5.84. The lowest BCUT2D eigenvalue weighted by atomic mass is 9.92. The molecule has 0 N–H and O–H groups in total. The highest BCUT2D eigenvalue weighted by molar-refractivity contribution is 6.42. The van der Waals surface area contributed by atoms with E-state index in [0.717, 1.165) is 11.3 Å². The minimum absolute atomic E-state index is 0.0618. The van der Waals surface area contributed by atoms with E-state index in [4.69, 9.17) is 27.9 Å². The summed E-state index contributed by atoms with van der Waals surface area (Å²) in [7, 11) is 3.27. The van der Waals surface area contributed by atoms with Gasteiger partial charge in [-0.05, 0) is 59.7 Å². The van der Waals surface area contributed by atoms with E-state index < -0.39 is 0 Å². The second-order valence-electron chi connectivity index (χ2n) is 7.48. The summed E-state index contributed by atoms with van der Waals surface area (Å²) < 4.78 is 5.17. The number of rotatable bonds is 3. The van der Waals surface area contributed by atoms with Gasteiger partial charge in [0, 0.05) is 24.6 Å². The molecule has 0 fully saturated rings. The number of fused-ring (bicyclic) bond motifs is 1. The van der Waals surface area contributed by atoms with Gasteiger partial charge in [0.25, 0.3) is 5.91 Å². The van der Waals surface area contributed by atoms with Crippen LogP contribution < -0.4 is 9.64 Å². The summed E-state index contributed by atoms with van der Waals surface area (Å²) in [5.74, 6) is 6.31. The smallest absolute Gasteiger partial charge is 0.262 e. The Morgan fingerprint density at radius 2 is 1.73 bits per heavy atom. The summed E-state index contributed by atoms with van der Waals surface area (Å²) in [5.41, 5.74) is 3.43. The van der Waals surface area contributed by atoms with Crippen LogP contribution in [0.3, 0.4) is 0 Å². The molecule has 33 heavy (non-hydrogen) atoms. The van der Waals surface area contributed by atoms with Crippen LogP contribution in [0.5, 0.6) is 5.75 Å². The normalized spacial score (nSPS) is 14.1. The molecule has 3 aromatic rings. The van der Waals surface area contributed by atoms with Crippen molar-refractivity contribution in [3.63, 3.8) is 0 Å². The van der Waals surface area contributed by atoms with Crippen molar-refractivity contribution in [3.8, 4) is 17.6 Å². The van der Waals surface area contributed by atoms with Crippen LogP contribution in [0, 0.1) is 11.8 Å². The van der Waals surface area contributed by atoms with Crippen LogP contribution in [0.15, 0.2) is 66.2 Å². The van der Waals surface area contributed by atoms with Crippen LogP contribution in [0.1, 0.15) is 27.0 Å². The highest BCUT2D eigenvalue weighted by Crippen LogP contribution is 2.32. The molecule has 0 radical (unpaired) electrons. The van der Waals surface area contributed by atoms with Gasteiger partial charge in [0.1, 0.15) is 5.75 Å². The van der Waals surface area contributed by atoms with Crippen molar-refractivity contribution in [1.82, 2.24) is 0 Å². The molecule has 1 aliphatic heterocycles. The van der Waals surface area contributed by atoms with Crippen molar-refractivity contribution in [2.75, 3.05) is 19.1 Å². The molecular formula is C27H19Cl2NO3. The van der Waals surface area contributed by atoms with Crippen molar-refractivity contribution in [1.29, 1.82) is 0 Å². The number of carbonyl (C=O) groups excluding carboxylic acids is 2. The van der Waals surface area contributed by atoms with E-state index >= 15 is 0 Å². The number of likely N-dealkylation sites (N-methyl/N-ethyl adjacent to an activating group) is 1. The Hall–Kier alpha value is -3.52. The van der Waals surface area contributed by atoms with E-state index in [2.05, 4.69) is 11.8 Å². The summed E-state index contributed by atoms with van der Waals surface area (Å²) in [6.07, 6.45) is 2.10. The number of ether oxygens (including phenoxy) is 1. The number of ketones is 1. The Morgan fingerprint density at radius 3 is 2.42 bits per heavy atom. The van der Waals surface area contributed by atoms with E-state index in [1.165, 1.54) is 11.0 Å². The van der Waals surface area contributed by atoms with Crippen LogP contribution in [-0.2, 0) is 11.2 Å².